The van der Waals surface area contributed by atoms with Gasteiger partial charge >= 0.3 is 0 Å². The van der Waals surface area contributed by atoms with Gasteiger partial charge in [0.1, 0.15) is 0 Å². The average molecular weight is 262 g/mol. The number of para-hydroxylation sites is 1. The number of nitrogens with one attached hydrogen (secondary N) is 1. The largest absolute Gasteiger partial charge is 0.381 e. The summed E-state index contributed by atoms with van der Waals surface area (Å²) in [4.78, 5) is 16.4. The smallest absolute Gasteiger partial charge is 0.229 e. The first kappa shape index (κ1) is 11.6. The van der Waals surface area contributed by atoms with E-state index in [1.807, 2.05) is 24.3 Å². The maximum Gasteiger partial charge on any atom is 0.229 e. The van der Waals surface area contributed by atoms with Crippen LogP contribution in [0.3, 0.4) is 0 Å². The average Bonchev–Trinajstić information content (AvgIpc) is 2.82. The van der Waals surface area contributed by atoms with Crippen LogP contribution in [0.15, 0.2) is 24.3 Å². The first-order chi connectivity index (χ1) is 8.83. The van der Waals surface area contributed by atoms with Gasteiger partial charge in [-0.2, -0.15) is 0 Å². The summed E-state index contributed by atoms with van der Waals surface area (Å²) in [5, 5.41) is 3.60. The Kier molecular flexibility index (Phi) is 3.25. The number of hydrogen-bond donors (Lipinski definition) is 1. The molecule has 1 N–H and O–H groups in total. The maximum absolute atomic E-state index is 12.0. The van der Waals surface area contributed by atoms with Gasteiger partial charge in [-0.25, -0.2) is 4.98 Å². The molecule has 0 spiro atoms. The van der Waals surface area contributed by atoms with Crippen LogP contribution in [-0.4, -0.2) is 24.1 Å². The zero-order chi connectivity index (χ0) is 12.4. The van der Waals surface area contributed by atoms with E-state index in [2.05, 4.69) is 10.3 Å². The molecule has 0 bridgehead atoms. The summed E-state index contributed by atoms with van der Waals surface area (Å²) >= 11 is 1.52. The van der Waals surface area contributed by atoms with Crippen molar-refractivity contribution >= 4 is 32.6 Å². The molecule has 0 aliphatic carbocycles. The molecule has 0 unspecified atom stereocenters. The number of benzene rings is 1. The van der Waals surface area contributed by atoms with E-state index in [0.717, 1.165) is 23.1 Å². The number of amides is 1. The van der Waals surface area contributed by atoms with Gasteiger partial charge in [0.05, 0.1) is 10.2 Å². The highest BCUT2D eigenvalue weighted by Gasteiger charge is 2.22. The van der Waals surface area contributed by atoms with E-state index in [4.69, 9.17) is 4.74 Å². The summed E-state index contributed by atoms with van der Waals surface area (Å²) in [6.07, 6.45) is 1.60. The van der Waals surface area contributed by atoms with E-state index in [1.165, 1.54) is 11.3 Å². The summed E-state index contributed by atoms with van der Waals surface area (Å²) in [7, 11) is 0. The van der Waals surface area contributed by atoms with Crippen molar-refractivity contribution in [2.75, 3.05) is 18.5 Å². The van der Waals surface area contributed by atoms with Crippen LogP contribution in [0, 0.1) is 5.92 Å². The molecule has 0 radical (unpaired) electrons. The van der Waals surface area contributed by atoms with Crippen LogP contribution in [0.4, 0.5) is 5.13 Å². The first-order valence-corrected chi connectivity index (χ1v) is 6.89. The van der Waals surface area contributed by atoms with Gasteiger partial charge in [0.2, 0.25) is 5.91 Å². The van der Waals surface area contributed by atoms with Crippen molar-refractivity contribution in [3.05, 3.63) is 24.3 Å². The predicted molar refractivity (Wildman–Crippen MR) is 71.8 cm³/mol. The first-order valence-electron chi connectivity index (χ1n) is 6.07. The van der Waals surface area contributed by atoms with Crippen molar-refractivity contribution in [2.45, 2.75) is 12.8 Å². The minimum atomic E-state index is 0.0609. The molecule has 1 aromatic heterocycles. The summed E-state index contributed by atoms with van der Waals surface area (Å²) in [6.45, 7) is 1.36. The molecule has 2 aromatic rings. The van der Waals surface area contributed by atoms with Crippen LogP contribution in [0.1, 0.15) is 12.8 Å². The highest BCUT2D eigenvalue weighted by molar-refractivity contribution is 7.22. The lowest BCUT2D eigenvalue weighted by Gasteiger charge is -2.20. The standard InChI is InChI=1S/C13H14N2O2S/c16-12(9-5-7-17-8-6-9)15-13-14-10-3-1-2-4-11(10)18-13/h1-4,9H,5-8H2,(H,14,15,16). The van der Waals surface area contributed by atoms with Crippen molar-refractivity contribution in [1.29, 1.82) is 0 Å². The Labute approximate surface area is 109 Å². The third-order valence-corrected chi connectivity index (χ3v) is 4.07. The van der Waals surface area contributed by atoms with Crippen LogP contribution in [-0.2, 0) is 9.53 Å². The molecule has 1 fully saturated rings. The molecule has 18 heavy (non-hydrogen) atoms. The Morgan fingerprint density at radius 1 is 1.33 bits per heavy atom. The second-order valence-electron chi connectivity index (χ2n) is 4.36. The fraction of sp³-hybridized carbons (Fsp3) is 0.385. The second-order valence-corrected chi connectivity index (χ2v) is 5.39. The van der Waals surface area contributed by atoms with Gasteiger partial charge in [-0.1, -0.05) is 23.5 Å². The number of carbonyl (C=O) groups excluding carboxylic acids is 1. The van der Waals surface area contributed by atoms with E-state index in [1.54, 1.807) is 0 Å². The van der Waals surface area contributed by atoms with Crippen LogP contribution >= 0.6 is 11.3 Å². The lowest BCUT2D eigenvalue weighted by atomic mass is 10.00. The Hall–Kier alpha value is -1.46. The number of fused-ring (bicyclic) bond motifs is 1. The third kappa shape index (κ3) is 2.37. The van der Waals surface area contributed by atoms with E-state index < -0.39 is 0 Å². The lowest BCUT2D eigenvalue weighted by Crippen LogP contribution is -2.28. The molecule has 4 nitrogen and oxygen atoms in total. The lowest BCUT2D eigenvalue weighted by molar-refractivity contribution is -0.122. The minimum absolute atomic E-state index is 0.0609. The number of ether oxygens (including phenoxy) is 1. The third-order valence-electron chi connectivity index (χ3n) is 3.12. The molecule has 0 atom stereocenters. The molecule has 3 rings (SSSR count). The zero-order valence-corrected chi connectivity index (χ0v) is 10.7. The fourth-order valence-corrected chi connectivity index (χ4v) is 2.96. The predicted octanol–water partition coefficient (Wildman–Crippen LogP) is 2.66. The van der Waals surface area contributed by atoms with Crippen molar-refractivity contribution in [2.24, 2.45) is 5.92 Å². The van der Waals surface area contributed by atoms with Gasteiger partial charge in [0, 0.05) is 19.1 Å². The summed E-state index contributed by atoms with van der Waals surface area (Å²) in [5.74, 6) is 0.128. The number of nitrogens with zero attached hydrogens (tertiary/aromatic N) is 1. The zero-order valence-electron chi connectivity index (χ0n) is 9.89. The molecule has 1 amide bonds. The maximum atomic E-state index is 12.0. The van der Waals surface area contributed by atoms with Gasteiger partial charge in [0.25, 0.3) is 0 Å². The Balaban J connectivity index is 1.73. The topological polar surface area (TPSA) is 51.2 Å². The summed E-state index contributed by atoms with van der Waals surface area (Å²) < 4.78 is 6.35. The van der Waals surface area contributed by atoms with Crippen molar-refractivity contribution < 1.29 is 9.53 Å². The normalized spacial score (nSPS) is 16.9. The van der Waals surface area contributed by atoms with Crippen LogP contribution < -0.4 is 5.32 Å². The minimum Gasteiger partial charge on any atom is -0.381 e. The van der Waals surface area contributed by atoms with Crippen molar-refractivity contribution in [3.8, 4) is 0 Å². The van der Waals surface area contributed by atoms with E-state index in [0.29, 0.717) is 18.3 Å². The fourth-order valence-electron chi connectivity index (χ4n) is 2.09. The van der Waals surface area contributed by atoms with E-state index in [-0.39, 0.29) is 11.8 Å². The van der Waals surface area contributed by atoms with Gasteiger partial charge in [-0.3, -0.25) is 4.79 Å². The van der Waals surface area contributed by atoms with E-state index >= 15 is 0 Å². The van der Waals surface area contributed by atoms with Crippen molar-refractivity contribution in [1.82, 2.24) is 4.98 Å². The number of carbonyl (C=O) groups is 1. The molecular weight excluding hydrogens is 248 g/mol. The van der Waals surface area contributed by atoms with E-state index in [9.17, 15) is 4.79 Å². The Bertz CT molecular complexity index is 528. The molecule has 5 heteroatoms. The number of hydrogen-bond acceptors (Lipinski definition) is 4. The van der Waals surface area contributed by atoms with Crippen LogP contribution in [0.5, 0.6) is 0 Å². The molecule has 1 aliphatic heterocycles. The van der Waals surface area contributed by atoms with Crippen molar-refractivity contribution in [3.63, 3.8) is 0 Å². The van der Waals surface area contributed by atoms with Gasteiger partial charge in [0.15, 0.2) is 5.13 Å². The Morgan fingerprint density at radius 2 is 2.11 bits per heavy atom. The number of aromatic nitrogens is 1. The molecule has 1 saturated heterocycles. The molecular formula is C13H14N2O2S. The van der Waals surface area contributed by atoms with Gasteiger partial charge in [-0.15, -0.1) is 0 Å². The molecule has 1 aromatic carbocycles. The van der Waals surface area contributed by atoms with Gasteiger partial charge in [-0.05, 0) is 25.0 Å². The molecule has 94 valence electrons. The number of thiazole rings is 1. The Morgan fingerprint density at radius 3 is 2.89 bits per heavy atom. The highest BCUT2D eigenvalue weighted by atomic mass is 32.1. The molecule has 2 heterocycles. The monoisotopic (exact) mass is 262 g/mol. The SMILES string of the molecule is O=C(Nc1nc2ccccc2s1)C1CCOCC1. The quantitative estimate of drug-likeness (QED) is 0.905. The summed E-state index contributed by atoms with van der Waals surface area (Å²) in [5.41, 5.74) is 0.935. The second kappa shape index (κ2) is 5.04. The van der Waals surface area contributed by atoms with Gasteiger partial charge < -0.3 is 10.1 Å². The highest BCUT2D eigenvalue weighted by Crippen LogP contribution is 2.26. The van der Waals surface area contributed by atoms with Crippen LogP contribution in [0.2, 0.25) is 0 Å². The number of rotatable bonds is 2. The number of anilines is 1. The summed E-state index contributed by atoms with van der Waals surface area (Å²) in [6, 6.07) is 7.89. The van der Waals surface area contributed by atoms with Crippen LogP contribution in [0.25, 0.3) is 10.2 Å². The molecule has 0 saturated carbocycles. The molecule has 1 aliphatic rings.